The van der Waals surface area contributed by atoms with Crippen molar-refractivity contribution in [1.29, 1.82) is 0 Å². The monoisotopic (exact) mass is 762 g/mol. The summed E-state index contributed by atoms with van der Waals surface area (Å²) >= 11 is 0. The van der Waals surface area contributed by atoms with Crippen LogP contribution in [0.3, 0.4) is 0 Å². The van der Waals surface area contributed by atoms with Gasteiger partial charge in [-0.05, 0) is 24.3 Å². The molecule has 1 aromatic rings. The highest BCUT2D eigenvalue weighted by Gasteiger charge is 3.00. The lowest BCUT2D eigenvalue weighted by atomic mass is 9.83. The van der Waals surface area contributed by atoms with Crippen molar-refractivity contribution in [3.63, 3.8) is 0 Å². The Balaban J connectivity index is 3.95. The molecule has 0 atom stereocenters. The van der Waals surface area contributed by atoms with Crippen molar-refractivity contribution in [2.45, 2.75) is 77.2 Å². The fourth-order valence-electron chi connectivity index (χ4n) is 3.00. The number of phenolic OH excluding ortho intramolecular Hbond substituents is 1. The molecule has 0 fully saturated rings. The maximum absolute atomic E-state index is 14.0. The molecule has 0 saturated carbocycles. The van der Waals surface area contributed by atoms with Crippen molar-refractivity contribution >= 4 is 0 Å². The summed E-state index contributed by atoms with van der Waals surface area (Å²) in [6.45, 7) is 0. The highest BCUT2D eigenvalue weighted by molar-refractivity contribution is 5.31. The second kappa shape index (κ2) is 10.6. The average molecular weight is 762 g/mol. The number of hydrogen-bond donors (Lipinski definition) is 1. The van der Waals surface area contributed by atoms with Gasteiger partial charge < -0.3 is 5.11 Å². The number of rotatable bonds is 12. The predicted molar refractivity (Wildman–Crippen MR) is 92.5 cm³/mol. The van der Waals surface area contributed by atoms with E-state index in [1.54, 1.807) is 0 Å². The van der Waals surface area contributed by atoms with E-state index in [1.807, 2.05) is 0 Å². The van der Waals surface area contributed by atoms with Crippen LogP contribution in [0.1, 0.15) is 5.56 Å². The summed E-state index contributed by atoms with van der Waals surface area (Å²) in [6.07, 6.45) is -8.24. The van der Waals surface area contributed by atoms with Crippen LogP contribution in [0, 0.1) is 0 Å². The first-order valence-electron chi connectivity index (χ1n) is 10.4. The summed E-state index contributed by atoms with van der Waals surface area (Å²) < 4.78 is 364. The molecule has 28 heteroatoms. The topological polar surface area (TPSA) is 20.2 Å². The number of hydrogen-bond acceptors (Lipinski definition) is 1. The Bertz CT molecular complexity index is 1290. The minimum absolute atomic E-state index is 0.148. The van der Waals surface area contributed by atoms with Gasteiger partial charge in [0.2, 0.25) is 0 Å². The lowest BCUT2D eigenvalue weighted by molar-refractivity contribution is -0.485. The molecule has 1 N–H and O–H groups in total. The molecule has 0 aliphatic rings. The Morgan fingerprint density at radius 2 is 0.468 bits per heavy atom. The molecule has 0 heterocycles. The summed E-state index contributed by atoms with van der Waals surface area (Å²) in [5.41, 5.74) is -2.72. The van der Waals surface area contributed by atoms with Crippen molar-refractivity contribution in [3.8, 4) is 5.75 Å². The molecule has 1 nitrogen and oxygen atoms in total. The standard InChI is InChI=1S/C19H5F27O/c20-7(21,5-1-3-6(47)4-2-5)8(22,23)9(24,25)10(26,27)11(28,29)12(30,31)13(32,33)14(34,35)15(36,37)16(38,39)17(40,41)18(42,43)19(44,45)46/h1-4,47H. The Morgan fingerprint density at radius 3 is 0.681 bits per heavy atom. The highest BCUT2D eigenvalue weighted by atomic mass is 19.4. The molecule has 0 bridgehead atoms. The molecular weight excluding hydrogens is 757 g/mol. The van der Waals surface area contributed by atoms with Gasteiger partial charge in [-0.15, -0.1) is 0 Å². The first-order valence-corrected chi connectivity index (χ1v) is 10.4. The van der Waals surface area contributed by atoms with E-state index < -0.39 is 101 Å². The van der Waals surface area contributed by atoms with Gasteiger partial charge in [0.15, 0.2) is 0 Å². The van der Waals surface area contributed by atoms with Gasteiger partial charge in [-0.2, -0.15) is 119 Å². The van der Waals surface area contributed by atoms with Gasteiger partial charge in [0, 0.05) is 5.56 Å². The SMILES string of the molecule is Oc1ccc(C(F)(F)C(F)(F)C(F)(F)C(F)(F)C(F)(F)C(F)(F)C(F)(F)C(F)(F)C(F)(F)C(F)(F)C(F)(F)C(F)(F)C(F)(F)F)cc1. The van der Waals surface area contributed by atoms with Gasteiger partial charge in [-0.25, -0.2) is 0 Å². The Kier molecular flexibility index (Phi) is 9.47. The van der Waals surface area contributed by atoms with E-state index in [9.17, 15) is 119 Å². The van der Waals surface area contributed by atoms with Gasteiger partial charge in [0.1, 0.15) is 5.75 Å². The van der Waals surface area contributed by atoms with Crippen molar-refractivity contribution in [3.05, 3.63) is 29.8 Å². The van der Waals surface area contributed by atoms with Crippen LogP contribution in [-0.2, 0) is 5.92 Å². The first-order chi connectivity index (χ1) is 20.0. The van der Waals surface area contributed by atoms with Crippen LogP contribution in [0.4, 0.5) is 119 Å². The number of aromatic hydroxyl groups is 1. The second-order valence-corrected chi connectivity index (χ2v) is 8.94. The zero-order chi connectivity index (χ0) is 38.5. The van der Waals surface area contributed by atoms with Crippen LogP contribution in [-0.4, -0.2) is 76.4 Å². The largest absolute Gasteiger partial charge is 0.508 e. The average Bonchev–Trinajstić information content (AvgIpc) is 2.86. The maximum Gasteiger partial charge on any atom is 0.460 e. The molecular formula is C19H5F27O. The Hall–Kier alpha value is -2.87. The molecule has 0 saturated heterocycles. The van der Waals surface area contributed by atoms with Crippen LogP contribution >= 0.6 is 0 Å². The summed E-state index contributed by atoms with van der Waals surface area (Å²) in [7, 11) is 0. The summed E-state index contributed by atoms with van der Waals surface area (Å²) in [5.74, 6) is -111. The van der Waals surface area contributed by atoms with Gasteiger partial charge in [0.05, 0.1) is 0 Å². The molecule has 0 aromatic heterocycles. The van der Waals surface area contributed by atoms with Crippen LogP contribution in [0.15, 0.2) is 24.3 Å². The Morgan fingerprint density at radius 1 is 0.277 bits per heavy atom. The number of alkyl halides is 27. The normalized spacial score (nSPS) is 16.5. The molecule has 1 rings (SSSR count). The molecule has 0 aliphatic carbocycles. The van der Waals surface area contributed by atoms with Crippen molar-refractivity contribution in [2.75, 3.05) is 0 Å². The van der Waals surface area contributed by atoms with E-state index in [0.29, 0.717) is 0 Å². The highest BCUT2D eigenvalue weighted by Crippen LogP contribution is 2.68. The van der Waals surface area contributed by atoms with Crippen LogP contribution in [0.25, 0.3) is 0 Å². The molecule has 0 unspecified atom stereocenters. The lowest BCUT2D eigenvalue weighted by Gasteiger charge is -2.46. The number of phenols is 1. The lowest BCUT2D eigenvalue weighted by Crippen LogP contribution is -2.78. The van der Waals surface area contributed by atoms with Crippen molar-refractivity contribution in [1.82, 2.24) is 0 Å². The van der Waals surface area contributed by atoms with Gasteiger partial charge in [-0.1, -0.05) is 0 Å². The molecule has 0 amide bonds. The Labute approximate surface area is 237 Å². The second-order valence-electron chi connectivity index (χ2n) is 8.94. The van der Waals surface area contributed by atoms with E-state index in [1.165, 1.54) is 0 Å². The van der Waals surface area contributed by atoms with Crippen LogP contribution in [0.2, 0.25) is 0 Å². The smallest absolute Gasteiger partial charge is 0.460 e. The summed E-state index contributed by atoms with van der Waals surface area (Å²) in [5, 5.41) is 8.84. The molecule has 47 heavy (non-hydrogen) atoms. The quantitative estimate of drug-likeness (QED) is 0.210. The van der Waals surface area contributed by atoms with Crippen LogP contribution in [0.5, 0.6) is 5.75 Å². The van der Waals surface area contributed by atoms with Gasteiger partial charge >= 0.3 is 77.2 Å². The van der Waals surface area contributed by atoms with E-state index in [0.717, 1.165) is 0 Å². The van der Waals surface area contributed by atoms with E-state index in [4.69, 9.17) is 5.11 Å². The summed E-state index contributed by atoms with van der Waals surface area (Å²) in [6, 6.07) is -1.46. The van der Waals surface area contributed by atoms with Crippen molar-refractivity contribution < 1.29 is 124 Å². The predicted octanol–water partition coefficient (Wildman–Crippen LogP) is 10.0. The third-order valence-electron chi connectivity index (χ3n) is 5.92. The fraction of sp³-hybridized carbons (Fsp3) is 0.684. The number of halogens is 27. The zero-order valence-electron chi connectivity index (χ0n) is 20.5. The molecule has 0 radical (unpaired) electrons. The zero-order valence-corrected chi connectivity index (χ0v) is 20.5. The maximum atomic E-state index is 14.0. The third-order valence-corrected chi connectivity index (χ3v) is 5.92. The molecule has 0 spiro atoms. The minimum atomic E-state index is -9.80. The third kappa shape index (κ3) is 4.97. The molecule has 1 aromatic carbocycles. The number of benzene rings is 1. The van der Waals surface area contributed by atoms with Gasteiger partial charge in [-0.3, -0.25) is 0 Å². The molecule has 276 valence electrons. The van der Waals surface area contributed by atoms with Gasteiger partial charge in [0.25, 0.3) is 0 Å². The fourth-order valence-corrected chi connectivity index (χ4v) is 3.00. The summed E-state index contributed by atoms with van der Waals surface area (Å²) in [4.78, 5) is 0. The van der Waals surface area contributed by atoms with Crippen LogP contribution < -0.4 is 0 Å². The molecule has 0 aliphatic heterocycles. The van der Waals surface area contributed by atoms with E-state index in [-0.39, 0.29) is 12.1 Å². The van der Waals surface area contributed by atoms with E-state index in [2.05, 4.69) is 0 Å². The van der Waals surface area contributed by atoms with E-state index >= 15 is 0 Å². The first kappa shape index (κ1) is 42.2. The van der Waals surface area contributed by atoms with Crippen molar-refractivity contribution in [2.24, 2.45) is 0 Å². The minimum Gasteiger partial charge on any atom is -0.508 e.